The molecule has 176 valence electrons. The third-order valence-electron chi connectivity index (χ3n) is 6.10. The van der Waals surface area contributed by atoms with Crippen LogP contribution >= 0.6 is 0 Å². The first-order valence-electron chi connectivity index (χ1n) is 11.4. The van der Waals surface area contributed by atoms with Crippen LogP contribution in [0.25, 0.3) is 0 Å². The molecule has 0 aliphatic carbocycles. The van der Waals surface area contributed by atoms with Crippen LogP contribution in [0.1, 0.15) is 26.2 Å². The largest absolute Gasteiger partial charge is 0.355 e. The minimum Gasteiger partial charge on any atom is -0.355 e. The first kappa shape index (κ1) is 24.3. The molecule has 0 radical (unpaired) electrons. The van der Waals surface area contributed by atoms with Crippen LogP contribution in [0.2, 0.25) is 0 Å². The summed E-state index contributed by atoms with van der Waals surface area (Å²) in [5.74, 6) is 0.0952. The molecule has 0 aromatic heterocycles. The molecule has 0 unspecified atom stereocenters. The summed E-state index contributed by atoms with van der Waals surface area (Å²) in [5.41, 5.74) is 1.91. The van der Waals surface area contributed by atoms with Gasteiger partial charge in [0.1, 0.15) is 17.5 Å². The van der Waals surface area contributed by atoms with Crippen LogP contribution in [0.4, 0.5) is 11.4 Å². The van der Waals surface area contributed by atoms with Crippen molar-refractivity contribution in [1.82, 2.24) is 15.1 Å². The number of nitrogens with zero attached hydrogens (tertiary/aromatic N) is 5. The quantitative estimate of drug-likeness (QED) is 0.492. The Morgan fingerprint density at radius 3 is 2.27 bits per heavy atom. The van der Waals surface area contributed by atoms with E-state index in [0.29, 0.717) is 38.5 Å². The van der Waals surface area contributed by atoms with E-state index in [9.17, 15) is 19.6 Å². The normalized spacial score (nSPS) is 16.2. The standard InChI is InChI=1S/C24H32N6O3/c1-4-26-22(32)17-29-12-7-13-30(15-14-29)23(33)11-10-21(31)18(16-25)24-27(2)19-8-5-6-9-20(19)28(24)3/h5-6,8-9H,4,7,10-15,17H2,1-3H3,(H,26,32). The van der Waals surface area contributed by atoms with Crippen LogP contribution in [0.5, 0.6) is 0 Å². The van der Waals surface area contributed by atoms with Crippen LogP contribution in [-0.4, -0.2) is 80.8 Å². The maximum Gasteiger partial charge on any atom is 0.234 e. The number of fused-ring (bicyclic) bond motifs is 1. The number of carbonyl (C=O) groups excluding carboxylic acids is 3. The van der Waals surface area contributed by atoms with Gasteiger partial charge in [0, 0.05) is 59.7 Å². The molecule has 0 spiro atoms. The summed E-state index contributed by atoms with van der Waals surface area (Å²) in [6.45, 7) is 5.32. The van der Waals surface area contributed by atoms with Crippen molar-refractivity contribution < 1.29 is 14.4 Å². The van der Waals surface area contributed by atoms with Gasteiger partial charge in [-0.05, 0) is 25.5 Å². The second kappa shape index (κ2) is 11.0. The number of hydrogen-bond acceptors (Lipinski definition) is 7. The molecule has 3 rings (SSSR count). The highest BCUT2D eigenvalue weighted by Crippen LogP contribution is 2.40. The molecule has 33 heavy (non-hydrogen) atoms. The van der Waals surface area contributed by atoms with Crippen LogP contribution in [0.15, 0.2) is 35.7 Å². The summed E-state index contributed by atoms with van der Waals surface area (Å²) in [5, 5.41) is 12.5. The molecule has 1 fully saturated rings. The Morgan fingerprint density at radius 1 is 1.00 bits per heavy atom. The van der Waals surface area contributed by atoms with E-state index >= 15 is 0 Å². The maximum absolute atomic E-state index is 12.9. The van der Waals surface area contributed by atoms with Crippen molar-refractivity contribution in [2.24, 2.45) is 0 Å². The zero-order valence-corrected chi connectivity index (χ0v) is 19.6. The maximum atomic E-state index is 12.9. The number of rotatable bonds is 7. The lowest BCUT2D eigenvalue weighted by atomic mass is 10.1. The Bertz CT molecular complexity index is 952. The molecule has 1 aromatic carbocycles. The van der Waals surface area contributed by atoms with Crippen molar-refractivity contribution in [2.75, 3.05) is 63.2 Å². The summed E-state index contributed by atoms with van der Waals surface area (Å²) in [6, 6.07) is 9.77. The summed E-state index contributed by atoms with van der Waals surface area (Å²) < 4.78 is 0. The van der Waals surface area contributed by atoms with Crippen molar-refractivity contribution in [3.8, 4) is 6.07 Å². The minimum atomic E-state index is -0.333. The lowest BCUT2D eigenvalue weighted by Gasteiger charge is -2.22. The lowest BCUT2D eigenvalue weighted by molar-refractivity contribution is -0.132. The molecule has 0 bridgehead atoms. The van der Waals surface area contributed by atoms with Gasteiger partial charge in [0.15, 0.2) is 5.78 Å². The highest BCUT2D eigenvalue weighted by atomic mass is 16.2. The third kappa shape index (κ3) is 5.52. The predicted molar refractivity (Wildman–Crippen MR) is 126 cm³/mol. The number of allylic oxidation sites excluding steroid dienone is 1. The van der Waals surface area contributed by atoms with E-state index in [1.807, 2.05) is 60.0 Å². The van der Waals surface area contributed by atoms with E-state index in [1.165, 1.54) is 0 Å². The molecule has 0 saturated carbocycles. The summed E-state index contributed by atoms with van der Waals surface area (Å²) >= 11 is 0. The topological polar surface area (TPSA) is 100.0 Å². The van der Waals surface area contributed by atoms with Gasteiger partial charge in [0.25, 0.3) is 0 Å². The first-order valence-corrected chi connectivity index (χ1v) is 11.4. The average Bonchev–Trinajstić information content (AvgIpc) is 2.95. The van der Waals surface area contributed by atoms with Crippen molar-refractivity contribution in [3.05, 3.63) is 35.7 Å². The zero-order valence-electron chi connectivity index (χ0n) is 19.6. The SMILES string of the molecule is CCNC(=O)CN1CCCN(C(=O)CCC(=O)C(C#N)=C2N(C)c3ccccc3N2C)CC1. The van der Waals surface area contributed by atoms with Crippen LogP contribution in [0, 0.1) is 11.3 Å². The van der Waals surface area contributed by atoms with Crippen molar-refractivity contribution in [1.29, 1.82) is 5.26 Å². The molecule has 2 aliphatic rings. The molecule has 2 aliphatic heterocycles. The number of benzene rings is 1. The first-order chi connectivity index (χ1) is 15.9. The Morgan fingerprint density at radius 2 is 1.67 bits per heavy atom. The van der Waals surface area contributed by atoms with Crippen molar-refractivity contribution in [2.45, 2.75) is 26.2 Å². The zero-order chi connectivity index (χ0) is 24.0. The fraction of sp³-hybridized carbons (Fsp3) is 0.500. The fourth-order valence-electron chi connectivity index (χ4n) is 4.40. The molecule has 9 nitrogen and oxygen atoms in total. The molecule has 1 N–H and O–H groups in total. The van der Waals surface area contributed by atoms with Crippen molar-refractivity contribution >= 4 is 29.0 Å². The van der Waals surface area contributed by atoms with Gasteiger partial charge in [0.2, 0.25) is 11.8 Å². The van der Waals surface area contributed by atoms with Gasteiger partial charge in [-0.3, -0.25) is 19.3 Å². The Hall–Kier alpha value is -3.38. The second-order valence-electron chi connectivity index (χ2n) is 8.30. The van der Waals surface area contributed by atoms with Gasteiger partial charge < -0.3 is 20.0 Å². The predicted octanol–water partition coefficient (Wildman–Crippen LogP) is 1.33. The average molecular weight is 453 g/mol. The van der Waals surface area contributed by atoms with Gasteiger partial charge in [-0.25, -0.2) is 0 Å². The Kier molecular flexibility index (Phi) is 8.06. The third-order valence-corrected chi connectivity index (χ3v) is 6.10. The summed E-state index contributed by atoms with van der Waals surface area (Å²) in [6.07, 6.45) is 0.830. The molecular weight excluding hydrogens is 420 g/mol. The number of Topliss-reactive ketones (excluding diaryl/α,β-unsaturated/α-hetero) is 1. The number of likely N-dealkylation sites (N-methyl/N-ethyl adjacent to an activating group) is 1. The number of hydrogen-bond donors (Lipinski definition) is 1. The molecular formula is C24H32N6O3. The lowest BCUT2D eigenvalue weighted by Crippen LogP contribution is -2.40. The number of anilines is 2. The summed E-state index contributed by atoms with van der Waals surface area (Å²) in [4.78, 5) is 45.0. The van der Waals surface area contributed by atoms with Crippen LogP contribution in [0.3, 0.4) is 0 Å². The van der Waals surface area contributed by atoms with Gasteiger partial charge in [-0.2, -0.15) is 5.26 Å². The Labute approximate surface area is 195 Å². The fourth-order valence-corrected chi connectivity index (χ4v) is 4.40. The number of para-hydroxylation sites is 2. The monoisotopic (exact) mass is 452 g/mol. The molecule has 9 heteroatoms. The number of nitriles is 1. The Balaban J connectivity index is 1.59. The van der Waals surface area contributed by atoms with Crippen LogP contribution in [-0.2, 0) is 14.4 Å². The molecule has 2 heterocycles. The van der Waals surface area contributed by atoms with E-state index < -0.39 is 0 Å². The van der Waals surface area contributed by atoms with E-state index in [4.69, 9.17) is 0 Å². The number of carbonyl (C=O) groups is 3. The van der Waals surface area contributed by atoms with Gasteiger partial charge in [-0.15, -0.1) is 0 Å². The van der Waals surface area contributed by atoms with Crippen molar-refractivity contribution in [3.63, 3.8) is 0 Å². The molecule has 1 aromatic rings. The van der Waals surface area contributed by atoms with Crippen LogP contribution < -0.4 is 15.1 Å². The molecule has 2 amide bonds. The van der Waals surface area contributed by atoms with Gasteiger partial charge in [0.05, 0.1) is 17.9 Å². The van der Waals surface area contributed by atoms with E-state index in [1.54, 1.807) is 4.90 Å². The van der Waals surface area contributed by atoms with Gasteiger partial charge in [-0.1, -0.05) is 12.1 Å². The van der Waals surface area contributed by atoms with E-state index in [2.05, 4.69) is 11.4 Å². The minimum absolute atomic E-state index is 0.0102. The molecule has 1 saturated heterocycles. The number of ketones is 1. The number of nitrogens with one attached hydrogen (secondary N) is 1. The van der Waals surface area contributed by atoms with E-state index in [-0.39, 0.29) is 36.0 Å². The highest BCUT2D eigenvalue weighted by molar-refractivity contribution is 6.03. The highest BCUT2D eigenvalue weighted by Gasteiger charge is 2.31. The molecule has 0 atom stereocenters. The number of amides is 2. The second-order valence-corrected chi connectivity index (χ2v) is 8.30. The van der Waals surface area contributed by atoms with E-state index in [0.717, 1.165) is 24.3 Å². The summed E-state index contributed by atoms with van der Waals surface area (Å²) in [7, 11) is 3.66. The van der Waals surface area contributed by atoms with Gasteiger partial charge >= 0.3 is 0 Å². The smallest absolute Gasteiger partial charge is 0.234 e.